The van der Waals surface area contributed by atoms with E-state index in [1.165, 1.54) is 25.1 Å². The van der Waals surface area contributed by atoms with Gasteiger partial charge in [0, 0.05) is 18.2 Å². The predicted octanol–water partition coefficient (Wildman–Crippen LogP) is 2.88. The van der Waals surface area contributed by atoms with Gasteiger partial charge in [-0.05, 0) is 48.5 Å². The Morgan fingerprint density at radius 2 is 1.44 bits per heavy atom. The number of ketones is 1. The lowest BCUT2D eigenvalue weighted by Crippen LogP contribution is -2.31. The van der Waals surface area contributed by atoms with Crippen LogP contribution in [0.5, 0.6) is 0 Å². The van der Waals surface area contributed by atoms with E-state index in [2.05, 4.69) is 5.32 Å². The van der Waals surface area contributed by atoms with E-state index in [-0.39, 0.29) is 28.6 Å². The summed E-state index contributed by atoms with van der Waals surface area (Å²) in [6, 6.07) is 20.3. The molecule has 0 radical (unpaired) electrons. The van der Waals surface area contributed by atoms with Crippen molar-refractivity contribution in [1.29, 1.82) is 0 Å². The molecule has 3 aromatic carbocycles. The Balaban J connectivity index is 1.76. The number of carbonyl (C=O) groups is 2. The minimum absolute atomic E-state index is 0.0233. The van der Waals surface area contributed by atoms with E-state index < -0.39 is 15.7 Å². The van der Waals surface area contributed by atoms with Crippen molar-refractivity contribution >= 4 is 38.4 Å². The van der Waals surface area contributed by atoms with Gasteiger partial charge in [0.2, 0.25) is 5.91 Å². The molecular weight excluding hydrogens is 430 g/mol. The van der Waals surface area contributed by atoms with Gasteiger partial charge in [-0.25, -0.2) is 13.2 Å². The second-order valence-electron chi connectivity index (χ2n) is 7.12. The number of hydrogen-bond donors (Lipinski definition) is 1. The summed E-state index contributed by atoms with van der Waals surface area (Å²) >= 11 is 0. The van der Waals surface area contributed by atoms with Crippen molar-refractivity contribution < 1.29 is 18.0 Å². The van der Waals surface area contributed by atoms with Gasteiger partial charge in [-0.15, -0.1) is 0 Å². The quantitative estimate of drug-likeness (QED) is 0.456. The van der Waals surface area contributed by atoms with Crippen LogP contribution in [0.4, 0.5) is 5.69 Å². The fourth-order valence-electron chi connectivity index (χ4n) is 3.44. The molecule has 1 amide bonds. The highest BCUT2D eigenvalue weighted by atomic mass is 32.2. The average Bonchev–Trinajstić information content (AvgIpc) is 3.06. The van der Waals surface area contributed by atoms with Gasteiger partial charge in [0.1, 0.15) is 0 Å². The maximum absolute atomic E-state index is 13.2. The van der Waals surface area contributed by atoms with E-state index in [1.54, 1.807) is 60.7 Å². The standard InChI is InChI=1S/C23H19N3O5S/c1-16(27)24-18-13-11-17(12-14-18)22(28)15-25-20-9-5-6-10-21(20)26(23(25)29)32(30,31)19-7-3-2-4-8-19/h2-14H,15H2,1H3,(H,24,27). The smallest absolute Gasteiger partial charge is 0.326 e. The number of aromatic nitrogens is 2. The molecule has 32 heavy (non-hydrogen) atoms. The minimum atomic E-state index is -4.16. The number of nitrogens with zero attached hydrogens (tertiary/aromatic N) is 2. The van der Waals surface area contributed by atoms with E-state index in [0.717, 1.165) is 8.54 Å². The van der Waals surface area contributed by atoms with Crippen LogP contribution in [-0.2, 0) is 21.4 Å². The molecular formula is C23H19N3O5S. The Bertz CT molecular complexity index is 1480. The molecule has 162 valence electrons. The molecule has 4 aromatic rings. The van der Waals surface area contributed by atoms with Crippen LogP contribution in [-0.4, -0.2) is 28.6 Å². The first-order chi connectivity index (χ1) is 15.3. The van der Waals surface area contributed by atoms with Gasteiger partial charge in [-0.3, -0.25) is 14.2 Å². The maximum Gasteiger partial charge on any atom is 0.343 e. The number of rotatable bonds is 6. The first kappa shape index (κ1) is 21.3. The molecule has 0 saturated carbocycles. The Labute approximate surface area is 183 Å². The molecule has 0 fully saturated rings. The molecule has 0 unspecified atom stereocenters. The molecule has 0 aliphatic heterocycles. The third-order valence-electron chi connectivity index (χ3n) is 4.91. The van der Waals surface area contributed by atoms with Crippen molar-refractivity contribution in [2.24, 2.45) is 0 Å². The molecule has 0 aliphatic carbocycles. The lowest BCUT2D eigenvalue weighted by atomic mass is 10.1. The number of fused-ring (bicyclic) bond motifs is 1. The Hall–Kier alpha value is -3.98. The van der Waals surface area contributed by atoms with E-state index in [0.29, 0.717) is 16.8 Å². The molecule has 9 heteroatoms. The average molecular weight is 449 g/mol. The monoisotopic (exact) mass is 449 g/mol. The number of anilines is 1. The molecule has 0 bridgehead atoms. The maximum atomic E-state index is 13.2. The van der Waals surface area contributed by atoms with Gasteiger partial charge in [-0.2, -0.15) is 3.97 Å². The number of hydrogen-bond acceptors (Lipinski definition) is 5. The molecule has 0 atom stereocenters. The second kappa shape index (κ2) is 8.27. The zero-order chi connectivity index (χ0) is 22.9. The van der Waals surface area contributed by atoms with E-state index >= 15 is 0 Å². The molecule has 0 saturated heterocycles. The summed E-state index contributed by atoms with van der Waals surface area (Å²) < 4.78 is 28.3. The third kappa shape index (κ3) is 3.85. The van der Waals surface area contributed by atoms with Gasteiger partial charge in [0.25, 0.3) is 10.0 Å². The third-order valence-corrected chi connectivity index (χ3v) is 6.61. The highest BCUT2D eigenvalue weighted by molar-refractivity contribution is 7.90. The molecule has 4 rings (SSSR count). The van der Waals surface area contributed by atoms with Gasteiger partial charge >= 0.3 is 5.69 Å². The normalized spacial score (nSPS) is 11.4. The van der Waals surface area contributed by atoms with Gasteiger partial charge < -0.3 is 5.32 Å². The van der Waals surface area contributed by atoms with E-state index in [9.17, 15) is 22.8 Å². The zero-order valence-corrected chi connectivity index (χ0v) is 17.9. The first-order valence-electron chi connectivity index (χ1n) is 9.71. The lowest BCUT2D eigenvalue weighted by Gasteiger charge is -2.06. The fourth-order valence-corrected chi connectivity index (χ4v) is 4.87. The summed E-state index contributed by atoms with van der Waals surface area (Å²) in [5, 5.41) is 2.61. The van der Waals surface area contributed by atoms with Crippen LogP contribution >= 0.6 is 0 Å². The number of nitrogens with one attached hydrogen (secondary N) is 1. The van der Waals surface area contributed by atoms with Crippen LogP contribution in [0.1, 0.15) is 17.3 Å². The number of Topliss-reactive ketones (excluding diaryl/α,β-unsaturated/α-hetero) is 1. The van der Waals surface area contributed by atoms with E-state index in [4.69, 9.17) is 0 Å². The van der Waals surface area contributed by atoms with Crippen molar-refractivity contribution in [1.82, 2.24) is 8.54 Å². The summed E-state index contributed by atoms with van der Waals surface area (Å²) in [7, 11) is -4.16. The predicted molar refractivity (Wildman–Crippen MR) is 120 cm³/mol. The molecule has 0 spiro atoms. The summed E-state index contributed by atoms with van der Waals surface area (Å²) in [5.41, 5.74) is 0.569. The Morgan fingerprint density at radius 3 is 2.06 bits per heavy atom. The first-order valence-corrected chi connectivity index (χ1v) is 11.1. The Morgan fingerprint density at radius 1 is 0.844 bits per heavy atom. The van der Waals surface area contributed by atoms with Crippen LogP contribution in [0.3, 0.4) is 0 Å². The highest BCUT2D eigenvalue weighted by Gasteiger charge is 2.25. The molecule has 8 nitrogen and oxygen atoms in total. The second-order valence-corrected chi connectivity index (χ2v) is 8.91. The SMILES string of the molecule is CC(=O)Nc1ccc(C(=O)Cn2c(=O)n(S(=O)(=O)c3ccccc3)c3ccccc32)cc1. The van der Waals surface area contributed by atoms with E-state index in [1.807, 2.05) is 0 Å². The zero-order valence-electron chi connectivity index (χ0n) is 17.1. The number of benzene rings is 3. The summed E-state index contributed by atoms with van der Waals surface area (Å²) in [4.78, 5) is 37.2. The molecule has 1 N–H and O–H groups in total. The number of amides is 1. The number of imidazole rings is 1. The summed E-state index contributed by atoms with van der Waals surface area (Å²) in [5.74, 6) is -0.607. The highest BCUT2D eigenvalue weighted by Crippen LogP contribution is 2.20. The van der Waals surface area contributed by atoms with Crippen LogP contribution in [0.25, 0.3) is 11.0 Å². The van der Waals surface area contributed by atoms with Crippen LogP contribution in [0, 0.1) is 0 Å². The summed E-state index contributed by atoms with van der Waals surface area (Å²) in [6.07, 6.45) is 0. The number of para-hydroxylation sites is 2. The van der Waals surface area contributed by atoms with Gasteiger partial charge in [0.05, 0.1) is 22.5 Å². The van der Waals surface area contributed by atoms with Crippen LogP contribution < -0.4 is 11.0 Å². The van der Waals surface area contributed by atoms with Crippen molar-refractivity contribution in [2.75, 3.05) is 5.32 Å². The summed E-state index contributed by atoms with van der Waals surface area (Å²) in [6.45, 7) is 1.04. The fraction of sp³-hybridized carbons (Fsp3) is 0.0870. The van der Waals surface area contributed by atoms with Gasteiger partial charge in [-0.1, -0.05) is 30.3 Å². The Kier molecular flexibility index (Phi) is 5.50. The largest absolute Gasteiger partial charge is 0.343 e. The topological polar surface area (TPSA) is 107 Å². The van der Waals surface area contributed by atoms with Crippen LogP contribution in [0.15, 0.2) is 88.6 Å². The van der Waals surface area contributed by atoms with Crippen LogP contribution in [0.2, 0.25) is 0 Å². The van der Waals surface area contributed by atoms with Crippen molar-refractivity contribution in [3.8, 4) is 0 Å². The molecule has 0 aliphatic rings. The molecule has 1 aromatic heterocycles. The van der Waals surface area contributed by atoms with Gasteiger partial charge in [0.15, 0.2) is 5.78 Å². The minimum Gasteiger partial charge on any atom is -0.326 e. The molecule has 1 heterocycles. The van der Waals surface area contributed by atoms with Crippen molar-refractivity contribution in [3.05, 3.63) is 94.9 Å². The lowest BCUT2D eigenvalue weighted by molar-refractivity contribution is -0.114. The van der Waals surface area contributed by atoms with Crippen molar-refractivity contribution in [2.45, 2.75) is 18.4 Å². The number of carbonyl (C=O) groups excluding carboxylic acids is 2. The van der Waals surface area contributed by atoms with Crippen molar-refractivity contribution in [3.63, 3.8) is 0 Å².